The molecule has 6 heteroatoms. The van der Waals surface area contributed by atoms with Crippen LogP contribution in [0.4, 0.5) is 8.78 Å². The molecule has 1 saturated heterocycles. The maximum atomic E-state index is 12.7. The van der Waals surface area contributed by atoms with Crippen molar-refractivity contribution >= 4 is 5.97 Å². The quantitative estimate of drug-likeness (QED) is 0.658. The van der Waals surface area contributed by atoms with Crippen LogP contribution in [-0.2, 0) is 9.53 Å². The van der Waals surface area contributed by atoms with Gasteiger partial charge in [-0.15, -0.1) is 0 Å². The number of nitrogens with one attached hydrogen (secondary N) is 1. The summed E-state index contributed by atoms with van der Waals surface area (Å²) in [7, 11) is 0. The molecule has 0 aliphatic carbocycles. The van der Waals surface area contributed by atoms with Crippen LogP contribution in [0.1, 0.15) is 19.8 Å². The van der Waals surface area contributed by atoms with Gasteiger partial charge in [0.2, 0.25) is 0 Å². The minimum absolute atomic E-state index is 0.0619. The maximum Gasteiger partial charge on any atom is 0.377 e. The first kappa shape index (κ1) is 12.3. The van der Waals surface area contributed by atoms with Gasteiger partial charge in [-0.25, -0.2) is 4.79 Å². The molecule has 0 saturated carbocycles. The first-order valence-corrected chi connectivity index (χ1v) is 4.92. The monoisotopic (exact) mass is 223 g/mol. The van der Waals surface area contributed by atoms with E-state index in [9.17, 15) is 13.6 Å². The van der Waals surface area contributed by atoms with E-state index >= 15 is 0 Å². The summed E-state index contributed by atoms with van der Waals surface area (Å²) in [6.07, 6.45) is -0.693. The molecule has 1 aliphatic heterocycles. The summed E-state index contributed by atoms with van der Waals surface area (Å²) in [5, 5.41) is 11.7. The fourth-order valence-corrected chi connectivity index (χ4v) is 1.40. The summed E-state index contributed by atoms with van der Waals surface area (Å²) in [5.41, 5.74) is 0. The lowest BCUT2D eigenvalue weighted by atomic mass is 10.2. The second kappa shape index (κ2) is 4.85. The highest BCUT2D eigenvalue weighted by Gasteiger charge is 2.50. The van der Waals surface area contributed by atoms with Gasteiger partial charge in [-0.05, 0) is 6.42 Å². The van der Waals surface area contributed by atoms with Crippen LogP contribution in [0.5, 0.6) is 0 Å². The second-order valence-electron chi connectivity index (χ2n) is 3.63. The number of alkyl halides is 2. The molecule has 2 unspecified atom stereocenters. The minimum atomic E-state index is -3.35. The highest BCUT2D eigenvalue weighted by atomic mass is 19.3. The van der Waals surface area contributed by atoms with Crippen molar-refractivity contribution in [2.45, 2.75) is 37.8 Å². The van der Waals surface area contributed by atoms with Crippen molar-refractivity contribution in [3.63, 3.8) is 0 Å². The Kier molecular flexibility index (Phi) is 3.98. The Hall–Kier alpha value is -0.750. The van der Waals surface area contributed by atoms with Crippen LogP contribution in [0.15, 0.2) is 0 Å². The molecule has 0 spiro atoms. The normalized spacial score (nSPS) is 26.4. The molecule has 1 rings (SSSR count). The van der Waals surface area contributed by atoms with Crippen LogP contribution in [0.2, 0.25) is 0 Å². The zero-order valence-electron chi connectivity index (χ0n) is 8.50. The van der Waals surface area contributed by atoms with Gasteiger partial charge >= 0.3 is 11.9 Å². The lowest BCUT2D eigenvalue weighted by molar-refractivity contribution is -0.159. The molecule has 1 aliphatic rings. The summed E-state index contributed by atoms with van der Waals surface area (Å²) in [4.78, 5) is 10.6. The van der Waals surface area contributed by atoms with Crippen LogP contribution in [0, 0.1) is 0 Å². The molecule has 0 amide bonds. The van der Waals surface area contributed by atoms with Gasteiger partial charge in [0.25, 0.3) is 0 Å². The Balaban J connectivity index is 2.33. The Morgan fingerprint density at radius 3 is 2.80 bits per heavy atom. The number of rotatable bonds is 5. The molecule has 2 N–H and O–H groups in total. The Morgan fingerprint density at radius 1 is 1.73 bits per heavy atom. The largest absolute Gasteiger partial charge is 0.456 e. The van der Waals surface area contributed by atoms with E-state index in [-0.39, 0.29) is 19.2 Å². The van der Waals surface area contributed by atoms with Crippen molar-refractivity contribution in [1.82, 2.24) is 5.32 Å². The van der Waals surface area contributed by atoms with Gasteiger partial charge in [-0.2, -0.15) is 8.78 Å². The molecule has 4 nitrogen and oxygen atoms in total. The first-order chi connectivity index (χ1) is 6.99. The van der Waals surface area contributed by atoms with E-state index in [0.717, 1.165) is 0 Å². The summed E-state index contributed by atoms with van der Waals surface area (Å²) < 4.78 is 29.9. The summed E-state index contributed by atoms with van der Waals surface area (Å²) in [6.45, 7) is 1.96. The van der Waals surface area contributed by atoms with Crippen molar-refractivity contribution in [1.29, 1.82) is 0 Å². The van der Waals surface area contributed by atoms with Crippen LogP contribution >= 0.6 is 0 Å². The van der Waals surface area contributed by atoms with E-state index in [1.807, 2.05) is 6.92 Å². The highest BCUT2D eigenvalue weighted by Crippen LogP contribution is 2.30. The number of hydrogen-bond donors (Lipinski definition) is 2. The molecule has 88 valence electrons. The number of carbonyl (C=O) groups excluding carboxylic acids is 1. The molecule has 0 bridgehead atoms. The topological polar surface area (TPSA) is 58.6 Å². The minimum Gasteiger partial charge on any atom is -0.456 e. The highest BCUT2D eigenvalue weighted by molar-refractivity contribution is 5.79. The van der Waals surface area contributed by atoms with Crippen LogP contribution in [0.25, 0.3) is 0 Å². The zero-order chi connectivity index (χ0) is 11.5. The van der Waals surface area contributed by atoms with Crippen molar-refractivity contribution in [3.8, 4) is 0 Å². The van der Waals surface area contributed by atoms with Crippen molar-refractivity contribution in [2.24, 2.45) is 0 Å². The fourth-order valence-electron chi connectivity index (χ4n) is 1.40. The van der Waals surface area contributed by atoms with Gasteiger partial charge in [0, 0.05) is 12.6 Å². The Bertz CT molecular complexity index is 231. The molecule has 15 heavy (non-hydrogen) atoms. The maximum absolute atomic E-state index is 12.7. The van der Waals surface area contributed by atoms with E-state index in [1.165, 1.54) is 0 Å². The molecule has 0 radical (unpaired) electrons. The molecule has 0 aromatic heterocycles. The van der Waals surface area contributed by atoms with E-state index in [2.05, 4.69) is 10.1 Å². The molecule has 1 fully saturated rings. The number of aliphatic hydroxyl groups is 1. The average Bonchev–Trinajstić information content (AvgIpc) is 2.42. The third-order valence-electron chi connectivity index (χ3n) is 2.40. The number of carbonyl (C=O) groups is 1. The molecule has 1 heterocycles. The van der Waals surface area contributed by atoms with Gasteiger partial charge in [0.15, 0.2) is 0 Å². The van der Waals surface area contributed by atoms with Crippen LogP contribution in [-0.4, -0.2) is 42.3 Å². The fraction of sp³-hybridized carbons (Fsp3) is 0.889. The summed E-state index contributed by atoms with van der Waals surface area (Å²) >= 11 is 0. The zero-order valence-corrected chi connectivity index (χ0v) is 8.50. The number of hydrogen-bond acceptors (Lipinski definition) is 4. The first-order valence-electron chi connectivity index (χ1n) is 4.92. The molecule has 2 atom stereocenters. The van der Waals surface area contributed by atoms with Gasteiger partial charge in [-0.1, -0.05) is 6.92 Å². The van der Waals surface area contributed by atoms with Crippen molar-refractivity contribution < 1.29 is 23.4 Å². The average molecular weight is 223 g/mol. The van der Waals surface area contributed by atoms with E-state index in [4.69, 9.17) is 5.11 Å². The van der Waals surface area contributed by atoms with Crippen molar-refractivity contribution in [2.75, 3.05) is 13.2 Å². The lowest BCUT2D eigenvalue weighted by Crippen LogP contribution is -2.37. The molecule has 0 aromatic rings. The van der Waals surface area contributed by atoms with Gasteiger partial charge in [0.1, 0.15) is 6.10 Å². The predicted molar refractivity (Wildman–Crippen MR) is 48.6 cm³/mol. The molecule has 0 aromatic carbocycles. The van der Waals surface area contributed by atoms with Crippen LogP contribution in [0.3, 0.4) is 0 Å². The molecular weight excluding hydrogens is 208 g/mol. The lowest BCUT2D eigenvalue weighted by Gasteiger charge is -2.16. The summed E-state index contributed by atoms with van der Waals surface area (Å²) in [5.74, 6) is -4.81. The Morgan fingerprint density at radius 2 is 2.40 bits per heavy atom. The van der Waals surface area contributed by atoms with E-state index in [0.29, 0.717) is 6.42 Å². The number of esters is 1. The SMILES string of the molecule is CCC(CO)NCC1CC(F)(F)C(=O)O1. The number of cyclic esters (lactones) is 1. The standard InChI is InChI=1S/C9H15F2NO3/c1-2-6(5-13)12-4-7-3-9(10,11)8(14)15-7/h6-7,12-13H,2-5H2,1H3. The van der Waals surface area contributed by atoms with Gasteiger partial charge in [0.05, 0.1) is 13.0 Å². The third-order valence-corrected chi connectivity index (χ3v) is 2.40. The van der Waals surface area contributed by atoms with E-state index < -0.39 is 24.4 Å². The second-order valence-corrected chi connectivity index (χ2v) is 3.63. The summed E-state index contributed by atoms with van der Waals surface area (Å²) in [6, 6.07) is -0.141. The smallest absolute Gasteiger partial charge is 0.377 e. The van der Waals surface area contributed by atoms with Crippen LogP contribution < -0.4 is 5.32 Å². The van der Waals surface area contributed by atoms with E-state index in [1.54, 1.807) is 0 Å². The Labute approximate surface area is 86.6 Å². The van der Waals surface area contributed by atoms with Gasteiger partial charge in [-0.3, -0.25) is 0 Å². The number of ether oxygens (including phenoxy) is 1. The third kappa shape index (κ3) is 3.10. The predicted octanol–water partition coefficient (Wildman–Crippen LogP) is 0.298. The number of halogens is 2. The molecular formula is C9H15F2NO3. The van der Waals surface area contributed by atoms with Crippen molar-refractivity contribution in [3.05, 3.63) is 0 Å². The number of aliphatic hydroxyl groups excluding tert-OH is 1. The van der Waals surface area contributed by atoms with Gasteiger partial charge < -0.3 is 15.2 Å².